The molecule has 1 aromatic carbocycles. The van der Waals surface area contributed by atoms with Crippen LogP contribution in [-0.4, -0.2) is 35.1 Å². The summed E-state index contributed by atoms with van der Waals surface area (Å²) in [4.78, 5) is 32.8. The van der Waals surface area contributed by atoms with E-state index in [1.807, 2.05) is 0 Å². The summed E-state index contributed by atoms with van der Waals surface area (Å²) in [6.45, 7) is 0.870. The monoisotopic (exact) mass is 284 g/mol. The van der Waals surface area contributed by atoms with Crippen molar-refractivity contribution in [2.75, 3.05) is 23.4 Å². The van der Waals surface area contributed by atoms with Crippen LogP contribution in [0.3, 0.4) is 0 Å². The molecular weight excluding hydrogens is 272 g/mol. The zero-order valence-corrected chi connectivity index (χ0v) is 11.0. The van der Waals surface area contributed by atoms with Gasteiger partial charge in [-0.2, -0.15) is 0 Å². The lowest BCUT2D eigenvalue weighted by molar-refractivity contribution is 0.102. The minimum Gasteiger partial charge on any atom is -0.447 e. The number of anilines is 2. The second-order valence-corrected chi connectivity index (χ2v) is 4.36. The molecule has 21 heavy (non-hydrogen) atoms. The standard InChI is InChI=1S/C14H12N4O3/c19-13(12-9-15-4-5-16-12)17-10-2-1-3-11(8-10)18-6-7-21-14(18)20/h1-5,8-9H,6-7H2,(H,17,19). The van der Waals surface area contributed by atoms with Gasteiger partial charge in [0.2, 0.25) is 0 Å². The number of cyclic esters (lactones) is 1. The summed E-state index contributed by atoms with van der Waals surface area (Å²) in [7, 11) is 0. The predicted molar refractivity (Wildman–Crippen MR) is 75.1 cm³/mol. The van der Waals surface area contributed by atoms with E-state index < -0.39 is 0 Å². The van der Waals surface area contributed by atoms with Gasteiger partial charge in [-0.15, -0.1) is 0 Å². The molecule has 1 aromatic heterocycles. The molecule has 0 spiro atoms. The van der Waals surface area contributed by atoms with Crippen LogP contribution in [0.1, 0.15) is 10.5 Å². The summed E-state index contributed by atoms with van der Waals surface area (Å²) < 4.78 is 4.89. The maximum atomic E-state index is 12.0. The summed E-state index contributed by atoms with van der Waals surface area (Å²) in [5.74, 6) is -0.357. The number of rotatable bonds is 3. The third kappa shape index (κ3) is 2.81. The molecule has 3 rings (SSSR count). The van der Waals surface area contributed by atoms with Gasteiger partial charge in [0.1, 0.15) is 12.3 Å². The fourth-order valence-corrected chi connectivity index (χ4v) is 1.99. The smallest absolute Gasteiger partial charge is 0.414 e. The first-order valence-corrected chi connectivity index (χ1v) is 6.36. The fraction of sp³-hybridized carbons (Fsp3) is 0.143. The molecule has 2 amide bonds. The van der Waals surface area contributed by atoms with E-state index in [9.17, 15) is 9.59 Å². The zero-order chi connectivity index (χ0) is 14.7. The van der Waals surface area contributed by atoms with E-state index in [-0.39, 0.29) is 17.7 Å². The lowest BCUT2D eigenvalue weighted by Crippen LogP contribution is -2.23. The van der Waals surface area contributed by atoms with Gasteiger partial charge in [0, 0.05) is 23.8 Å². The van der Waals surface area contributed by atoms with Crippen molar-refractivity contribution in [2.45, 2.75) is 0 Å². The first-order valence-electron chi connectivity index (χ1n) is 6.36. The average molecular weight is 284 g/mol. The molecular formula is C14H12N4O3. The number of amides is 2. The van der Waals surface area contributed by atoms with Crippen molar-refractivity contribution in [1.29, 1.82) is 0 Å². The van der Waals surface area contributed by atoms with Crippen LogP contribution < -0.4 is 10.2 Å². The predicted octanol–water partition coefficient (Wildman–Crippen LogP) is 1.69. The normalized spacial score (nSPS) is 13.9. The van der Waals surface area contributed by atoms with Crippen LogP contribution in [-0.2, 0) is 4.74 Å². The Labute approximate surface area is 120 Å². The van der Waals surface area contributed by atoms with E-state index in [0.29, 0.717) is 24.5 Å². The van der Waals surface area contributed by atoms with Gasteiger partial charge in [-0.25, -0.2) is 9.78 Å². The zero-order valence-electron chi connectivity index (χ0n) is 11.0. The maximum absolute atomic E-state index is 12.0. The number of hydrogen-bond donors (Lipinski definition) is 1. The first-order chi connectivity index (χ1) is 10.2. The molecule has 0 radical (unpaired) electrons. The Kier molecular flexibility index (Phi) is 3.46. The molecule has 106 valence electrons. The number of carbonyl (C=O) groups is 2. The Morgan fingerprint density at radius 3 is 2.95 bits per heavy atom. The molecule has 0 bridgehead atoms. The molecule has 0 unspecified atom stereocenters. The van der Waals surface area contributed by atoms with Gasteiger partial charge in [-0.05, 0) is 18.2 Å². The topological polar surface area (TPSA) is 84.4 Å². The number of hydrogen-bond acceptors (Lipinski definition) is 5. The molecule has 7 nitrogen and oxygen atoms in total. The van der Waals surface area contributed by atoms with Crippen molar-refractivity contribution in [2.24, 2.45) is 0 Å². The SMILES string of the molecule is O=C(Nc1cccc(N2CCOC2=O)c1)c1cnccn1. The second-order valence-electron chi connectivity index (χ2n) is 4.36. The highest BCUT2D eigenvalue weighted by Gasteiger charge is 2.23. The van der Waals surface area contributed by atoms with Crippen LogP contribution >= 0.6 is 0 Å². The molecule has 2 heterocycles. The third-order valence-electron chi connectivity index (χ3n) is 2.97. The highest BCUT2D eigenvalue weighted by Crippen LogP contribution is 2.22. The lowest BCUT2D eigenvalue weighted by Gasteiger charge is -2.14. The highest BCUT2D eigenvalue weighted by molar-refractivity contribution is 6.03. The Morgan fingerprint density at radius 1 is 1.33 bits per heavy atom. The van der Waals surface area contributed by atoms with Crippen LogP contribution in [0.2, 0.25) is 0 Å². The highest BCUT2D eigenvalue weighted by atomic mass is 16.6. The van der Waals surface area contributed by atoms with E-state index in [1.54, 1.807) is 24.3 Å². The van der Waals surface area contributed by atoms with E-state index in [0.717, 1.165) is 0 Å². The summed E-state index contributed by atoms with van der Waals surface area (Å²) in [6.07, 6.45) is 3.95. The number of nitrogens with one attached hydrogen (secondary N) is 1. The van der Waals surface area contributed by atoms with E-state index in [4.69, 9.17) is 4.74 Å². The summed E-state index contributed by atoms with van der Waals surface area (Å²) in [6, 6.07) is 6.98. The van der Waals surface area contributed by atoms with E-state index in [2.05, 4.69) is 15.3 Å². The van der Waals surface area contributed by atoms with Crippen molar-refractivity contribution in [1.82, 2.24) is 9.97 Å². The van der Waals surface area contributed by atoms with Crippen LogP contribution in [0.5, 0.6) is 0 Å². The summed E-state index contributed by atoms with van der Waals surface area (Å²) in [5, 5.41) is 2.72. The molecule has 1 fully saturated rings. The van der Waals surface area contributed by atoms with Crippen molar-refractivity contribution in [3.63, 3.8) is 0 Å². The summed E-state index contributed by atoms with van der Waals surface area (Å²) in [5.41, 5.74) is 1.47. The number of carbonyl (C=O) groups excluding carboxylic acids is 2. The van der Waals surface area contributed by atoms with Crippen LogP contribution in [0.25, 0.3) is 0 Å². The van der Waals surface area contributed by atoms with E-state index >= 15 is 0 Å². The molecule has 1 saturated heterocycles. The lowest BCUT2D eigenvalue weighted by atomic mass is 10.2. The average Bonchev–Trinajstić information content (AvgIpc) is 2.94. The molecule has 0 aliphatic carbocycles. The molecule has 0 saturated carbocycles. The number of ether oxygens (including phenoxy) is 1. The number of nitrogens with zero attached hydrogens (tertiary/aromatic N) is 3. The van der Waals surface area contributed by atoms with Gasteiger partial charge >= 0.3 is 6.09 Å². The van der Waals surface area contributed by atoms with Gasteiger partial charge in [0.05, 0.1) is 12.7 Å². The minimum absolute atomic E-state index is 0.225. The molecule has 0 atom stereocenters. The summed E-state index contributed by atoms with van der Waals surface area (Å²) >= 11 is 0. The van der Waals surface area contributed by atoms with Crippen molar-refractivity contribution in [3.05, 3.63) is 48.5 Å². The van der Waals surface area contributed by atoms with Crippen LogP contribution in [0.15, 0.2) is 42.9 Å². The Hall–Kier alpha value is -2.96. The van der Waals surface area contributed by atoms with Crippen molar-refractivity contribution < 1.29 is 14.3 Å². The second kappa shape index (κ2) is 5.58. The third-order valence-corrected chi connectivity index (χ3v) is 2.97. The van der Waals surface area contributed by atoms with Crippen molar-refractivity contribution >= 4 is 23.4 Å². The number of aromatic nitrogens is 2. The molecule has 1 N–H and O–H groups in total. The fourth-order valence-electron chi connectivity index (χ4n) is 1.99. The minimum atomic E-state index is -0.382. The first kappa shape index (κ1) is 13.0. The van der Waals surface area contributed by atoms with Crippen LogP contribution in [0.4, 0.5) is 16.2 Å². The van der Waals surface area contributed by atoms with Crippen LogP contribution in [0, 0.1) is 0 Å². The van der Waals surface area contributed by atoms with Gasteiger partial charge in [0.25, 0.3) is 5.91 Å². The Morgan fingerprint density at radius 2 is 2.24 bits per heavy atom. The molecule has 1 aliphatic rings. The Bertz CT molecular complexity index is 675. The van der Waals surface area contributed by atoms with Gasteiger partial charge in [0.15, 0.2) is 0 Å². The van der Waals surface area contributed by atoms with E-state index in [1.165, 1.54) is 23.5 Å². The largest absolute Gasteiger partial charge is 0.447 e. The van der Waals surface area contributed by atoms with Gasteiger partial charge < -0.3 is 10.1 Å². The van der Waals surface area contributed by atoms with Gasteiger partial charge in [-0.3, -0.25) is 14.7 Å². The molecule has 2 aromatic rings. The molecule has 7 heteroatoms. The maximum Gasteiger partial charge on any atom is 0.414 e. The number of benzene rings is 1. The molecule has 1 aliphatic heterocycles. The van der Waals surface area contributed by atoms with Crippen molar-refractivity contribution in [3.8, 4) is 0 Å². The quantitative estimate of drug-likeness (QED) is 0.927. The Balaban J connectivity index is 1.77. The van der Waals surface area contributed by atoms with Gasteiger partial charge in [-0.1, -0.05) is 6.07 Å².